The van der Waals surface area contributed by atoms with Crippen molar-refractivity contribution in [2.75, 3.05) is 26.6 Å². The lowest BCUT2D eigenvalue weighted by atomic mass is 9.62. The molecule has 3 aromatic carbocycles. The highest BCUT2D eigenvalue weighted by atomic mass is 32.1. The zero-order chi connectivity index (χ0) is 29.9. The number of benzene rings is 3. The standard InChI is InChI=1S/C34H28N2O6S/c1-40-24-17-20(18-25(41-2)31(24)42-3)29(37)27-28(30(38)26-13-8-16-43-26)36-15-14-19-9-4-5-10-21(19)32(36)34(27)22-11-6-7-12-23(22)35-33(34)39/h4-18,27-28,32H,1-3H3,(H,35,39)/t27-,28+,32-,34-/m1/s1. The lowest BCUT2D eigenvalue weighted by Crippen LogP contribution is -2.49. The predicted molar refractivity (Wildman–Crippen MR) is 163 cm³/mol. The van der Waals surface area contributed by atoms with E-state index in [1.807, 2.05) is 77.2 Å². The minimum atomic E-state index is -1.42. The first-order valence-corrected chi connectivity index (χ1v) is 14.7. The van der Waals surface area contributed by atoms with E-state index in [1.165, 1.54) is 32.7 Å². The third-order valence-electron chi connectivity index (χ3n) is 8.83. The number of carbonyl (C=O) groups excluding carboxylic acids is 3. The van der Waals surface area contributed by atoms with Crippen LogP contribution in [0, 0.1) is 5.92 Å². The molecule has 4 aromatic rings. The molecule has 3 aliphatic heterocycles. The molecule has 1 fully saturated rings. The molecule has 43 heavy (non-hydrogen) atoms. The van der Waals surface area contributed by atoms with Crippen molar-refractivity contribution in [2.45, 2.75) is 17.5 Å². The summed E-state index contributed by atoms with van der Waals surface area (Å²) in [6.45, 7) is 0. The van der Waals surface area contributed by atoms with E-state index < -0.39 is 23.4 Å². The van der Waals surface area contributed by atoms with Crippen LogP contribution in [-0.2, 0) is 10.2 Å². The van der Waals surface area contributed by atoms with Crippen molar-refractivity contribution in [3.05, 3.63) is 112 Å². The molecule has 1 N–H and O–H groups in total. The number of amides is 1. The number of nitrogens with one attached hydrogen (secondary N) is 1. The fourth-order valence-electron chi connectivity index (χ4n) is 7.14. The van der Waals surface area contributed by atoms with Crippen molar-refractivity contribution >= 4 is 40.6 Å². The molecule has 7 rings (SSSR count). The molecule has 9 heteroatoms. The Hall–Kier alpha value is -4.89. The Labute approximate surface area is 252 Å². The number of para-hydroxylation sites is 1. The van der Waals surface area contributed by atoms with E-state index >= 15 is 4.79 Å². The number of nitrogens with zero attached hydrogens (tertiary/aromatic N) is 1. The van der Waals surface area contributed by atoms with E-state index in [2.05, 4.69) is 5.32 Å². The lowest BCUT2D eigenvalue weighted by Gasteiger charge is -2.38. The molecule has 1 amide bonds. The molecule has 1 saturated heterocycles. The van der Waals surface area contributed by atoms with Crippen LogP contribution in [0.4, 0.5) is 5.69 Å². The largest absolute Gasteiger partial charge is 0.493 e. The summed E-state index contributed by atoms with van der Waals surface area (Å²) in [6.07, 6.45) is 3.81. The van der Waals surface area contributed by atoms with Crippen molar-refractivity contribution in [3.63, 3.8) is 0 Å². The number of anilines is 1. The second-order valence-corrected chi connectivity index (χ2v) is 11.7. The maximum absolute atomic E-state index is 15.1. The zero-order valence-corrected chi connectivity index (χ0v) is 24.5. The highest BCUT2D eigenvalue weighted by Gasteiger charge is 2.70. The summed E-state index contributed by atoms with van der Waals surface area (Å²) in [4.78, 5) is 46.6. The molecule has 3 aliphatic rings. The molecule has 0 saturated carbocycles. The van der Waals surface area contributed by atoms with Crippen LogP contribution in [0.25, 0.3) is 6.08 Å². The highest BCUT2D eigenvalue weighted by Crippen LogP contribution is 2.62. The van der Waals surface area contributed by atoms with E-state index in [0.29, 0.717) is 33.4 Å². The molecule has 4 atom stereocenters. The van der Waals surface area contributed by atoms with Crippen LogP contribution in [0.1, 0.15) is 42.8 Å². The van der Waals surface area contributed by atoms with Gasteiger partial charge < -0.3 is 24.4 Å². The molecule has 216 valence electrons. The number of thiophene rings is 1. The van der Waals surface area contributed by atoms with Crippen molar-refractivity contribution in [3.8, 4) is 17.2 Å². The Morgan fingerprint density at radius 2 is 1.60 bits per heavy atom. The van der Waals surface area contributed by atoms with Crippen LogP contribution >= 0.6 is 11.3 Å². The zero-order valence-electron chi connectivity index (χ0n) is 23.7. The summed E-state index contributed by atoms with van der Waals surface area (Å²) >= 11 is 1.32. The Morgan fingerprint density at radius 3 is 2.30 bits per heavy atom. The number of rotatable bonds is 7. The first kappa shape index (κ1) is 27.0. The van der Waals surface area contributed by atoms with E-state index in [9.17, 15) is 9.59 Å². The first-order valence-electron chi connectivity index (χ1n) is 13.8. The van der Waals surface area contributed by atoms with Gasteiger partial charge in [-0.15, -0.1) is 11.3 Å². The third-order valence-corrected chi connectivity index (χ3v) is 9.72. The quantitative estimate of drug-likeness (QED) is 0.273. The molecule has 8 nitrogen and oxygen atoms in total. The normalized spacial score (nSPS) is 22.9. The van der Waals surface area contributed by atoms with Gasteiger partial charge in [0, 0.05) is 17.5 Å². The summed E-state index contributed by atoms with van der Waals surface area (Å²) in [6, 6.07) is 20.4. The summed E-state index contributed by atoms with van der Waals surface area (Å²) < 4.78 is 16.7. The average Bonchev–Trinajstić information content (AvgIpc) is 3.76. The molecular formula is C34H28N2O6S. The Morgan fingerprint density at radius 1 is 0.884 bits per heavy atom. The van der Waals surface area contributed by atoms with E-state index in [-0.39, 0.29) is 23.0 Å². The number of ether oxygens (including phenoxy) is 3. The third kappa shape index (κ3) is 3.71. The second-order valence-electron chi connectivity index (χ2n) is 10.7. The number of hydrogen-bond donors (Lipinski definition) is 1. The number of fused-ring (bicyclic) bond motifs is 6. The van der Waals surface area contributed by atoms with Gasteiger partial charge in [0.2, 0.25) is 11.7 Å². The summed E-state index contributed by atoms with van der Waals surface area (Å²) in [7, 11) is 4.45. The van der Waals surface area contributed by atoms with Gasteiger partial charge in [0.25, 0.3) is 0 Å². The summed E-state index contributed by atoms with van der Waals surface area (Å²) in [5, 5.41) is 4.91. The van der Waals surface area contributed by atoms with Gasteiger partial charge in [0.05, 0.1) is 38.2 Å². The van der Waals surface area contributed by atoms with E-state index in [4.69, 9.17) is 14.2 Å². The second kappa shape index (κ2) is 10.1. The van der Waals surface area contributed by atoms with E-state index in [1.54, 1.807) is 18.2 Å². The van der Waals surface area contributed by atoms with Crippen LogP contribution in [0.15, 0.2) is 84.4 Å². The van der Waals surface area contributed by atoms with Crippen LogP contribution in [-0.4, -0.2) is 49.7 Å². The molecule has 0 radical (unpaired) electrons. The molecular weight excluding hydrogens is 564 g/mol. The number of carbonyl (C=O) groups is 3. The van der Waals surface area contributed by atoms with Gasteiger partial charge in [0.1, 0.15) is 11.5 Å². The smallest absolute Gasteiger partial charge is 0.238 e. The molecule has 4 heterocycles. The van der Waals surface area contributed by atoms with Gasteiger partial charge in [0.15, 0.2) is 23.1 Å². The Bertz CT molecular complexity index is 1790. The van der Waals surface area contributed by atoms with Gasteiger partial charge >= 0.3 is 0 Å². The molecule has 1 aromatic heterocycles. The molecule has 0 bridgehead atoms. The lowest BCUT2D eigenvalue weighted by molar-refractivity contribution is -0.122. The monoisotopic (exact) mass is 592 g/mol. The number of Topliss-reactive ketones (excluding diaryl/α,β-unsaturated/α-hetero) is 2. The van der Waals surface area contributed by atoms with Gasteiger partial charge in [-0.3, -0.25) is 14.4 Å². The molecule has 0 aliphatic carbocycles. The van der Waals surface area contributed by atoms with Crippen molar-refractivity contribution in [1.29, 1.82) is 0 Å². The minimum Gasteiger partial charge on any atom is -0.493 e. The van der Waals surface area contributed by atoms with Crippen LogP contribution in [0.5, 0.6) is 17.2 Å². The number of hydrogen-bond acceptors (Lipinski definition) is 8. The maximum Gasteiger partial charge on any atom is 0.238 e. The first-order chi connectivity index (χ1) is 20.9. The molecule has 0 unspecified atom stereocenters. The van der Waals surface area contributed by atoms with Crippen molar-refractivity contribution in [1.82, 2.24) is 4.90 Å². The Balaban J connectivity index is 1.54. The van der Waals surface area contributed by atoms with Crippen LogP contribution in [0.3, 0.4) is 0 Å². The predicted octanol–water partition coefficient (Wildman–Crippen LogP) is 5.76. The SMILES string of the molecule is COc1cc(C(=O)[C@H]2[C@@H](C(=O)c3cccs3)N3C=Cc4ccccc4[C@@H]3[C@]23C(=O)Nc2ccccc23)cc(OC)c1OC. The highest BCUT2D eigenvalue weighted by molar-refractivity contribution is 7.12. The summed E-state index contributed by atoms with van der Waals surface area (Å²) in [5.41, 5.74) is 1.95. The summed E-state index contributed by atoms with van der Waals surface area (Å²) in [5.74, 6) is -1.07. The van der Waals surface area contributed by atoms with Gasteiger partial charge in [-0.25, -0.2) is 0 Å². The maximum atomic E-state index is 15.1. The number of methoxy groups -OCH3 is 3. The van der Waals surface area contributed by atoms with E-state index in [0.717, 1.165) is 11.1 Å². The minimum absolute atomic E-state index is 0.219. The van der Waals surface area contributed by atoms with Crippen LogP contribution in [0.2, 0.25) is 0 Å². The van der Waals surface area contributed by atoms with Gasteiger partial charge in [-0.1, -0.05) is 48.5 Å². The average molecular weight is 593 g/mol. The van der Waals surface area contributed by atoms with Gasteiger partial charge in [-0.2, -0.15) is 0 Å². The van der Waals surface area contributed by atoms with Gasteiger partial charge in [-0.05, 0) is 52.4 Å². The van der Waals surface area contributed by atoms with Crippen molar-refractivity contribution < 1.29 is 28.6 Å². The van der Waals surface area contributed by atoms with Crippen molar-refractivity contribution in [2.24, 2.45) is 5.92 Å². The Kier molecular flexibility index (Phi) is 6.36. The fraction of sp³-hybridized carbons (Fsp3) is 0.206. The topological polar surface area (TPSA) is 94.2 Å². The van der Waals surface area contributed by atoms with Crippen LogP contribution < -0.4 is 19.5 Å². The molecule has 1 spiro atoms. The fourth-order valence-corrected chi connectivity index (χ4v) is 7.83. The number of ketones is 2.